The maximum Gasteiger partial charge on any atom is 0.149 e. The van der Waals surface area contributed by atoms with Crippen molar-refractivity contribution in [2.45, 2.75) is 25.4 Å². The molecule has 1 unspecified atom stereocenters. The summed E-state index contributed by atoms with van der Waals surface area (Å²) < 4.78 is 2.01. The second kappa shape index (κ2) is 5.91. The second-order valence-corrected chi connectivity index (χ2v) is 6.51. The largest absolute Gasteiger partial charge is 0.319 e. The maximum absolute atomic E-state index is 6.30. The topological polar surface area (TPSA) is 46.8 Å². The van der Waals surface area contributed by atoms with E-state index in [1.54, 1.807) is 6.33 Å². The Hall–Kier alpha value is -1.98. The lowest BCUT2D eigenvalue weighted by molar-refractivity contribution is 0.237. The van der Waals surface area contributed by atoms with Crippen LogP contribution in [-0.2, 0) is 13.6 Å². The normalized spacial score (nSPS) is 18.8. The van der Waals surface area contributed by atoms with Crippen molar-refractivity contribution < 1.29 is 0 Å². The highest BCUT2D eigenvalue weighted by Crippen LogP contribution is 2.33. The lowest BCUT2D eigenvalue weighted by Crippen LogP contribution is -2.25. The molecule has 1 aliphatic heterocycles. The van der Waals surface area contributed by atoms with Gasteiger partial charge < -0.3 is 4.57 Å². The maximum atomic E-state index is 6.30. The third-order valence-corrected chi connectivity index (χ3v) is 4.75. The molecule has 5 nitrogen and oxygen atoms in total. The van der Waals surface area contributed by atoms with Crippen LogP contribution in [0.2, 0.25) is 5.02 Å². The van der Waals surface area contributed by atoms with Gasteiger partial charge in [0.05, 0.1) is 11.6 Å². The van der Waals surface area contributed by atoms with E-state index in [4.69, 9.17) is 11.6 Å². The first-order valence-electron chi connectivity index (χ1n) is 7.83. The molecule has 3 aromatic rings. The Morgan fingerprint density at radius 1 is 1.35 bits per heavy atom. The van der Waals surface area contributed by atoms with E-state index in [-0.39, 0.29) is 0 Å². The van der Waals surface area contributed by atoms with E-state index in [1.165, 1.54) is 12.0 Å². The van der Waals surface area contributed by atoms with Crippen molar-refractivity contribution in [2.24, 2.45) is 7.05 Å². The number of fused-ring (bicyclic) bond motifs is 1. The van der Waals surface area contributed by atoms with Gasteiger partial charge in [0.2, 0.25) is 0 Å². The smallest absolute Gasteiger partial charge is 0.149 e. The van der Waals surface area contributed by atoms with Gasteiger partial charge in [-0.1, -0.05) is 17.7 Å². The molecule has 1 fully saturated rings. The first kappa shape index (κ1) is 14.6. The van der Waals surface area contributed by atoms with Gasteiger partial charge in [-0.15, -0.1) is 10.2 Å². The molecule has 1 aliphatic rings. The van der Waals surface area contributed by atoms with Crippen LogP contribution >= 0.6 is 11.6 Å². The van der Waals surface area contributed by atoms with Crippen molar-refractivity contribution in [3.63, 3.8) is 0 Å². The minimum absolute atomic E-state index is 0.306. The van der Waals surface area contributed by atoms with Crippen molar-refractivity contribution in [3.05, 3.63) is 53.2 Å². The predicted octanol–water partition coefficient (Wildman–Crippen LogP) is 3.35. The third kappa shape index (κ3) is 2.71. The highest BCUT2D eigenvalue weighted by Gasteiger charge is 2.29. The van der Waals surface area contributed by atoms with Gasteiger partial charge >= 0.3 is 0 Å². The molecule has 0 bridgehead atoms. The van der Waals surface area contributed by atoms with Crippen molar-refractivity contribution in [1.29, 1.82) is 0 Å². The van der Waals surface area contributed by atoms with Crippen LogP contribution in [-0.4, -0.2) is 31.2 Å². The molecule has 1 aromatic carbocycles. The molecule has 6 heteroatoms. The fraction of sp³-hybridized carbons (Fsp3) is 0.353. The first-order valence-corrected chi connectivity index (χ1v) is 8.21. The van der Waals surface area contributed by atoms with E-state index >= 15 is 0 Å². The number of rotatable bonds is 3. The van der Waals surface area contributed by atoms with Gasteiger partial charge in [-0.2, -0.15) is 0 Å². The zero-order valence-corrected chi connectivity index (χ0v) is 13.7. The number of nitrogens with zero attached hydrogens (tertiary/aromatic N) is 5. The number of halogens is 1. The van der Waals surface area contributed by atoms with Gasteiger partial charge in [-0.25, -0.2) is 0 Å². The van der Waals surface area contributed by atoms with Crippen LogP contribution in [0.5, 0.6) is 0 Å². The molecule has 2 aromatic heterocycles. The van der Waals surface area contributed by atoms with E-state index in [9.17, 15) is 0 Å². The van der Waals surface area contributed by atoms with Gasteiger partial charge in [-0.05, 0) is 43.1 Å². The first-order chi connectivity index (χ1) is 11.2. The molecular formula is C17H18ClN5. The van der Waals surface area contributed by atoms with Crippen LogP contribution in [0.1, 0.15) is 30.3 Å². The lowest BCUT2D eigenvalue weighted by Gasteiger charge is -2.24. The SMILES string of the molecule is Cn1cnnc1C1CCCN1Cc1cc(Cl)cc2cccnc12. The van der Waals surface area contributed by atoms with E-state index in [0.717, 1.165) is 41.3 Å². The summed E-state index contributed by atoms with van der Waals surface area (Å²) in [5.74, 6) is 1.03. The fourth-order valence-electron chi connectivity index (χ4n) is 3.47. The minimum Gasteiger partial charge on any atom is -0.319 e. The quantitative estimate of drug-likeness (QED) is 0.740. The van der Waals surface area contributed by atoms with E-state index in [1.807, 2.05) is 36.0 Å². The molecule has 0 N–H and O–H groups in total. The zero-order chi connectivity index (χ0) is 15.8. The lowest BCUT2D eigenvalue weighted by atomic mass is 10.1. The average Bonchev–Trinajstić information content (AvgIpc) is 3.15. The summed E-state index contributed by atoms with van der Waals surface area (Å²) in [6.45, 7) is 1.88. The Kier molecular flexibility index (Phi) is 3.75. The summed E-state index contributed by atoms with van der Waals surface area (Å²) in [6.07, 6.45) is 5.88. The van der Waals surface area contributed by atoms with E-state index < -0.39 is 0 Å². The number of likely N-dealkylation sites (tertiary alicyclic amines) is 1. The van der Waals surface area contributed by atoms with Crippen LogP contribution in [0.15, 0.2) is 36.8 Å². The van der Waals surface area contributed by atoms with Crippen molar-refractivity contribution >= 4 is 22.5 Å². The zero-order valence-electron chi connectivity index (χ0n) is 13.0. The molecule has 1 saturated heterocycles. The molecule has 0 spiro atoms. The third-order valence-electron chi connectivity index (χ3n) is 4.53. The van der Waals surface area contributed by atoms with Crippen LogP contribution < -0.4 is 0 Å². The van der Waals surface area contributed by atoms with Gasteiger partial charge in [0.25, 0.3) is 0 Å². The number of aromatic nitrogens is 4. The van der Waals surface area contributed by atoms with Crippen LogP contribution in [0.4, 0.5) is 0 Å². The molecule has 4 rings (SSSR count). The van der Waals surface area contributed by atoms with E-state index in [2.05, 4.69) is 26.1 Å². The number of hydrogen-bond acceptors (Lipinski definition) is 4. The Bertz CT molecular complexity index is 844. The Balaban J connectivity index is 1.69. The van der Waals surface area contributed by atoms with Crippen molar-refractivity contribution in [3.8, 4) is 0 Å². The second-order valence-electron chi connectivity index (χ2n) is 6.07. The molecule has 0 saturated carbocycles. The standard InChI is InChI=1S/C17H18ClN5/c1-22-11-20-21-17(22)15-5-3-7-23(15)10-13-9-14(18)8-12-4-2-6-19-16(12)13/h2,4,6,8-9,11,15H,3,5,7,10H2,1H3. The van der Waals surface area contributed by atoms with Crippen molar-refractivity contribution in [2.75, 3.05) is 6.54 Å². The molecule has 0 amide bonds. The average molecular weight is 328 g/mol. The molecule has 1 atom stereocenters. The predicted molar refractivity (Wildman–Crippen MR) is 90.1 cm³/mol. The summed E-state index contributed by atoms with van der Waals surface area (Å²) in [5, 5.41) is 10.2. The monoisotopic (exact) mass is 327 g/mol. The van der Waals surface area contributed by atoms with Crippen LogP contribution in [0.3, 0.4) is 0 Å². The number of hydrogen-bond donors (Lipinski definition) is 0. The molecule has 118 valence electrons. The molecular weight excluding hydrogens is 310 g/mol. The summed E-state index contributed by atoms with van der Waals surface area (Å²) in [6, 6.07) is 8.31. The van der Waals surface area contributed by atoms with Crippen molar-refractivity contribution in [1.82, 2.24) is 24.6 Å². The summed E-state index contributed by atoms with van der Waals surface area (Å²) in [5.41, 5.74) is 2.20. The minimum atomic E-state index is 0.306. The molecule has 0 radical (unpaired) electrons. The number of pyridine rings is 1. The van der Waals surface area contributed by atoms with Gasteiger partial charge in [0, 0.05) is 30.2 Å². The number of benzene rings is 1. The Morgan fingerprint density at radius 2 is 2.26 bits per heavy atom. The molecule has 23 heavy (non-hydrogen) atoms. The van der Waals surface area contributed by atoms with E-state index in [0.29, 0.717) is 6.04 Å². The molecule has 0 aliphatic carbocycles. The summed E-state index contributed by atoms with van der Waals surface area (Å²) in [7, 11) is 2.00. The summed E-state index contributed by atoms with van der Waals surface area (Å²) in [4.78, 5) is 7.00. The summed E-state index contributed by atoms with van der Waals surface area (Å²) >= 11 is 6.30. The van der Waals surface area contributed by atoms with Gasteiger partial charge in [0.15, 0.2) is 0 Å². The highest BCUT2D eigenvalue weighted by atomic mass is 35.5. The fourth-order valence-corrected chi connectivity index (χ4v) is 3.72. The van der Waals surface area contributed by atoms with Gasteiger partial charge in [-0.3, -0.25) is 9.88 Å². The highest BCUT2D eigenvalue weighted by molar-refractivity contribution is 6.31. The number of aryl methyl sites for hydroxylation is 1. The van der Waals surface area contributed by atoms with Gasteiger partial charge in [0.1, 0.15) is 12.2 Å². The Labute approximate surface area is 139 Å². The Morgan fingerprint density at radius 3 is 3.09 bits per heavy atom. The molecule has 3 heterocycles. The van der Waals surface area contributed by atoms with Crippen LogP contribution in [0, 0.1) is 0 Å². The van der Waals surface area contributed by atoms with Crippen LogP contribution in [0.25, 0.3) is 10.9 Å².